The van der Waals surface area contributed by atoms with E-state index in [-0.39, 0.29) is 12.0 Å². The number of benzene rings is 1. The molecule has 2 N–H and O–H groups in total. The lowest BCUT2D eigenvalue weighted by Gasteiger charge is -2.26. The van der Waals surface area contributed by atoms with E-state index in [9.17, 15) is 0 Å². The van der Waals surface area contributed by atoms with Gasteiger partial charge in [0.1, 0.15) is 0 Å². The second kappa shape index (κ2) is 5.11. The van der Waals surface area contributed by atoms with Gasteiger partial charge in [-0.1, -0.05) is 29.4 Å². The molecule has 3 rings (SSSR count). The average molecular weight is 259 g/mol. The molecule has 19 heavy (non-hydrogen) atoms. The van der Waals surface area contributed by atoms with Crippen LogP contribution in [0.1, 0.15) is 41.7 Å². The second-order valence-electron chi connectivity index (χ2n) is 4.71. The predicted octanol–water partition coefficient (Wildman–Crippen LogP) is 1.79. The van der Waals surface area contributed by atoms with Crippen LogP contribution in [0.2, 0.25) is 0 Å². The smallest absolute Gasteiger partial charge is 0.234 e. The Morgan fingerprint density at radius 1 is 1.47 bits per heavy atom. The lowest BCUT2D eigenvalue weighted by molar-refractivity contribution is 0.130. The Morgan fingerprint density at radius 3 is 3.11 bits per heavy atom. The highest BCUT2D eigenvalue weighted by Crippen LogP contribution is 2.39. The molecule has 1 aliphatic carbocycles. The highest BCUT2D eigenvalue weighted by molar-refractivity contribution is 5.43. The molecule has 2 aromatic rings. The minimum Gasteiger partial charge on any atom is -0.380 e. The molecule has 5 heteroatoms. The van der Waals surface area contributed by atoms with Crippen LogP contribution in [0.3, 0.4) is 0 Å². The normalized spacial score (nSPS) is 18.7. The molecule has 0 spiro atoms. The van der Waals surface area contributed by atoms with E-state index in [2.05, 4.69) is 22.3 Å². The van der Waals surface area contributed by atoms with Gasteiger partial charge in [-0.05, 0) is 24.5 Å². The summed E-state index contributed by atoms with van der Waals surface area (Å²) < 4.78 is 10.6. The third kappa shape index (κ3) is 2.27. The van der Waals surface area contributed by atoms with Crippen LogP contribution in [-0.2, 0) is 11.2 Å². The Bertz CT molecular complexity index is 567. The van der Waals surface area contributed by atoms with Crippen molar-refractivity contribution in [3.63, 3.8) is 0 Å². The molecule has 0 amide bonds. The van der Waals surface area contributed by atoms with E-state index < -0.39 is 0 Å². The minimum absolute atomic E-state index is 0.219. The number of fused-ring (bicyclic) bond motifs is 1. The molecule has 0 bridgehead atoms. The van der Waals surface area contributed by atoms with Crippen molar-refractivity contribution in [1.82, 2.24) is 10.1 Å². The lowest BCUT2D eigenvalue weighted by atomic mass is 9.77. The number of hydrogen-bond donors (Lipinski definition) is 1. The van der Waals surface area contributed by atoms with Gasteiger partial charge in [-0.15, -0.1) is 0 Å². The van der Waals surface area contributed by atoms with Gasteiger partial charge in [0.15, 0.2) is 5.82 Å². The first-order chi connectivity index (χ1) is 9.29. The van der Waals surface area contributed by atoms with Crippen LogP contribution in [0.5, 0.6) is 0 Å². The first-order valence-electron chi connectivity index (χ1n) is 6.54. The van der Waals surface area contributed by atoms with Crippen molar-refractivity contribution in [1.29, 1.82) is 0 Å². The van der Waals surface area contributed by atoms with Crippen molar-refractivity contribution >= 4 is 0 Å². The number of rotatable bonds is 5. The Morgan fingerprint density at radius 2 is 2.32 bits per heavy atom. The van der Waals surface area contributed by atoms with E-state index in [1.54, 1.807) is 0 Å². The van der Waals surface area contributed by atoms with Crippen molar-refractivity contribution in [3.8, 4) is 0 Å². The van der Waals surface area contributed by atoms with Gasteiger partial charge in [-0.2, -0.15) is 4.98 Å². The third-order valence-electron chi connectivity index (χ3n) is 3.44. The van der Waals surface area contributed by atoms with E-state index in [4.69, 9.17) is 15.0 Å². The molecular weight excluding hydrogens is 242 g/mol. The van der Waals surface area contributed by atoms with Crippen LogP contribution < -0.4 is 5.73 Å². The molecule has 5 nitrogen and oxygen atoms in total. The standard InChI is InChI=1S/C14H17N3O2/c1-2-18-8-12(15)13-16-14(19-17-13)11-7-9-5-3-4-6-10(9)11/h3-6,11-12H,2,7-8,15H2,1H3. The Labute approximate surface area is 111 Å². The largest absolute Gasteiger partial charge is 0.380 e. The summed E-state index contributed by atoms with van der Waals surface area (Å²) in [5.74, 6) is 1.39. The van der Waals surface area contributed by atoms with Gasteiger partial charge in [0.2, 0.25) is 5.89 Å². The topological polar surface area (TPSA) is 74.2 Å². The van der Waals surface area contributed by atoms with Crippen LogP contribution in [0.25, 0.3) is 0 Å². The maximum Gasteiger partial charge on any atom is 0.234 e. The summed E-state index contributed by atoms with van der Waals surface area (Å²) in [7, 11) is 0. The number of hydrogen-bond acceptors (Lipinski definition) is 5. The van der Waals surface area contributed by atoms with Crippen LogP contribution >= 0.6 is 0 Å². The van der Waals surface area contributed by atoms with Crippen LogP contribution in [0, 0.1) is 0 Å². The number of ether oxygens (including phenoxy) is 1. The zero-order valence-electron chi connectivity index (χ0n) is 10.9. The van der Waals surface area contributed by atoms with E-state index in [0.717, 1.165) is 6.42 Å². The fourth-order valence-electron chi connectivity index (χ4n) is 2.34. The SMILES string of the molecule is CCOCC(N)c1noc(C2Cc3ccccc32)n1. The fourth-order valence-corrected chi connectivity index (χ4v) is 2.34. The first-order valence-corrected chi connectivity index (χ1v) is 6.54. The summed E-state index contributed by atoms with van der Waals surface area (Å²) in [5, 5.41) is 3.95. The van der Waals surface area contributed by atoms with Crippen LogP contribution in [0.15, 0.2) is 28.8 Å². The minimum atomic E-state index is -0.326. The molecule has 1 aliphatic rings. The van der Waals surface area contributed by atoms with Gasteiger partial charge in [-0.25, -0.2) is 0 Å². The molecule has 0 saturated heterocycles. The number of nitrogens with zero attached hydrogens (tertiary/aromatic N) is 2. The van der Waals surface area contributed by atoms with E-state index in [0.29, 0.717) is 24.9 Å². The van der Waals surface area contributed by atoms with E-state index in [1.165, 1.54) is 11.1 Å². The first kappa shape index (κ1) is 12.3. The van der Waals surface area contributed by atoms with Gasteiger partial charge < -0.3 is 15.0 Å². The van der Waals surface area contributed by atoms with Gasteiger partial charge in [0.25, 0.3) is 0 Å². The highest BCUT2D eigenvalue weighted by atomic mass is 16.5. The average Bonchev–Trinajstić information content (AvgIpc) is 2.87. The maximum atomic E-state index is 5.94. The van der Waals surface area contributed by atoms with E-state index >= 15 is 0 Å². The van der Waals surface area contributed by atoms with Gasteiger partial charge >= 0.3 is 0 Å². The summed E-state index contributed by atoms with van der Waals surface area (Å²) in [5.41, 5.74) is 8.57. The summed E-state index contributed by atoms with van der Waals surface area (Å²) in [6, 6.07) is 7.99. The summed E-state index contributed by atoms with van der Waals surface area (Å²) in [4.78, 5) is 4.40. The van der Waals surface area contributed by atoms with Gasteiger partial charge in [0.05, 0.1) is 18.6 Å². The summed E-state index contributed by atoms with van der Waals surface area (Å²) in [6.45, 7) is 2.98. The zero-order valence-corrected chi connectivity index (χ0v) is 10.9. The monoisotopic (exact) mass is 259 g/mol. The molecular formula is C14H17N3O2. The second-order valence-corrected chi connectivity index (χ2v) is 4.71. The molecule has 0 fully saturated rings. The molecule has 100 valence electrons. The molecule has 2 unspecified atom stereocenters. The lowest BCUT2D eigenvalue weighted by Crippen LogP contribution is -2.20. The molecule has 0 aliphatic heterocycles. The number of aromatic nitrogens is 2. The van der Waals surface area contributed by atoms with Crippen molar-refractivity contribution in [2.75, 3.05) is 13.2 Å². The van der Waals surface area contributed by atoms with Crippen LogP contribution in [0.4, 0.5) is 0 Å². The van der Waals surface area contributed by atoms with Crippen molar-refractivity contribution in [2.45, 2.75) is 25.3 Å². The maximum absolute atomic E-state index is 5.94. The Hall–Kier alpha value is -1.72. The highest BCUT2D eigenvalue weighted by Gasteiger charge is 2.32. The zero-order chi connectivity index (χ0) is 13.2. The van der Waals surface area contributed by atoms with Crippen molar-refractivity contribution in [2.24, 2.45) is 5.73 Å². The molecule has 0 radical (unpaired) electrons. The molecule has 2 atom stereocenters. The predicted molar refractivity (Wildman–Crippen MR) is 69.7 cm³/mol. The quantitative estimate of drug-likeness (QED) is 0.886. The summed E-state index contributed by atoms with van der Waals surface area (Å²) in [6.07, 6.45) is 0.957. The fraction of sp³-hybridized carbons (Fsp3) is 0.429. The molecule has 1 aromatic carbocycles. The van der Waals surface area contributed by atoms with Crippen molar-refractivity contribution in [3.05, 3.63) is 47.1 Å². The molecule has 1 aromatic heterocycles. The number of nitrogens with two attached hydrogens (primary N) is 1. The summed E-state index contributed by atoms with van der Waals surface area (Å²) >= 11 is 0. The Kier molecular flexibility index (Phi) is 3.31. The molecule has 1 heterocycles. The molecule has 0 saturated carbocycles. The third-order valence-corrected chi connectivity index (χ3v) is 3.44. The van der Waals surface area contributed by atoms with Gasteiger partial charge in [0, 0.05) is 6.61 Å². The van der Waals surface area contributed by atoms with Crippen LogP contribution in [-0.4, -0.2) is 23.4 Å². The van der Waals surface area contributed by atoms with Crippen molar-refractivity contribution < 1.29 is 9.26 Å². The van der Waals surface area contributed by atoms with Gasteiger partial charge in [-0.3, -0.25) is 0 Å². The van der Waals surface area contributed by atoms with E-state index in [1.807, 2.05) is 19.1 Å². The Balaban J connectivity index is 1.73.